The second-order valence-corrected chi connectivity index (χ2v) is 4.64. The van der Waals surface area contributed by atoms with Crippen molar-refractivity contribution in [1.29, 1.82) is 0 Å². The molecule has 5 heteroatoms. The fraction of sp³-hybridized carbons (Fsp3) is 0.385. The van der Waals surface area contributed by atoms with E-state index in [9.17, 15) is 14.0 Å². The van der Waals surface area contributed by atoms with Crippen molar-refractivity contribution in [3.63, 3.8) is 0 Å². The summed E-state index contributed by atoms with van der Waals surface area (Å²) in [5.74, 6) is -0.568. The minimum absolute atomic E-state index is 0.189. The van der Waals surface area contributed by atoms with Crippen LogP contribution in [0.3, 0.4) is 0 Å². The first-order valence-electron chi connectivity index (χ1n) is 6.08. The number of hydrogen-bond donors (Lipinski definition) is 0. The Morgan fingerprint density at radius 3 is 2.50 bits per heavy atom. The minimum atomic E-state index is -0.379. The molecule has 2 saturated heterocycles. The number of anilines is 1. The van der Waals surface area contributed by atoms with Gasteiger partial charge in [-0.05, 0) is 43.5 Å². The van der Waals surface area contributed by atoms with Gasteiger partial charge in [0.1, 0.15) is 11.9 Å². The van der Waals surface area contributed by atoms with Crippen molar-refractivity contribution >= 4 is 17.6 Å². The average Bonchev–Trinajstić information content (AvgIpc) is 2.64. The molecule has 0 bridgehead atoms. The average molecular weight is 248 g/mol. The zero-order valence-corrected chi connectivity index (χ0v) is 9.80. The lowest BCUT2D eigenvalue weighted by atomic mass is 10.0. The number of hydrogen-bond acceptors (Lipinski definition) is 2. The van der Waals surface area contributed by atoms with E-state index in [4.69, 9.17) is 0 Å². The molecule has 2 heterocycles. The molecular formula is C13H13FN2O2. The third-order valence-corrected chi connectivity index (χ3v) is 3.53. The number of nitrogens with zero attached hydrogens (tertiary/aromatic N) is 2. The second-order valence-electron chi connectivity index (χ2n) is 4.64. The van der Waals surface area contributed by atoms with Crippen LogP contribution >= 0.6 is 0 Å². The maximum absolute atomic E-state index is 12.9. The highest BCUT2D eigenvalue weighted by Crippen LogP contribution is 2.30. The van der Waals surface area contributed by atoms with Gasteiger partial charge in [-0.3, -0.25) is 4.79 Å². The van der Waals surface area contributed by atoms with E-state index in [1.807, 2.05) is 0 Å². The third kappa shape index (κ3) is 1.58. The van der Waals surface area contributed by atoms with E-state index in [1.54, 1.807) is 4.90 Å². The zero-order chi connectivity index (χ0) is 12.7. The predicted octanol–water partition coefficient (Wildman–Crippen LogP) is 2.15. The Morgan fingerprint density at radius 1 is 1.11 bits per heavy atom. The van der Waals surface area contributed by atoms with E-state index in [0.717, 1.165) is 24.2 Å². The number of benzene rings is 1. The maximum Gasteiger partial charge on any atom is 0.332 e. The van der Waals surface area contributed by atoms with E-state index in [2.05, 4.69) is 0 Å². The monoisotopic (exact) mass is 248 g/mol. The zero-order valence-electron chi connectivity index (χ0n) is 9.80. The van der Waals surface area contributed by atoms with Crippen LogP contribution in [0.2, 0.25) is 0 Å². The summed E-state index contributed by atoms with van der Waals surface area (Å²) in [5, 5.41) is 0. The molecule has 0 aliphatic carbocycles. The van der Waals surface area contributed by atoms with Gasteiger partial charge in [0.15, 0.2) is 0 Å². The van der Waals surface area contributed by atoms with E-state index in [0.29, 0.717) is 12.2 Å². The molecule has 0 N–H and O–H groups in total. The summed E-state index contributed by atoms with van der Waals surface area (Å²) in [5.41, 5.74) is 0.445. The summed E-state index contributed by atoms with van der Waals surface area (Å²) >= 11 is 0. The summed E-state index contributed by atoms with van der Waals surface area (Å²) in [6, 6.07) is 4.83. The summed E-state index contributed by atoms with van der Waals surface area (Å²) in [6.45, 7) is 0.632. The van der Waals surface area contributed by atoms with Gasteiger partial charge < -0.3 is 4.90 Å². The Hall–Kier alpha value is -1.91. The van der Waals surface area contributed by atoms with Crippen LogP contribution in [0.15, 0.2) is 24.3 Å². The number of carbonyl (C=O) groups is 2. The molecule has 2 aliphatic rings. The predicted molar refractivity (Wildman–Crippen MR) is 63.6 cm³/mol. The molecular weight excluding hydrogens is 235 g/mol. The molecule has 0 radical (unpaired) electrons. The van der Waals surface area contributed by atoms with Crippen LogP contribution < -0.4 is 4.90 Å². The molecule has 1 aromatic carbocycles. The molecule has 0 saturated carbocycles. The lowest BCUT2D eigenvalue weighted by molar-refractivity contribution is -0.120. The van der Waals surface area contributed by atoms with Gasteiger partial charge >= 0.3 is 6.03 Å². The highest BCUT2D eigenvalue weighted by molar-refractivity contribution is 6.21. The minimum Gasteiger partial charge on any atom is -0.312 e. The Bertz CT molecular complexity index is 476. The van der Waals surface area contributed by atoms with Gasteiger partial charge in [0.05, 0.1) is 5.69 Å². The largest absolute Gasteiger partial charge is 0.332 e. The van der Waals surface area contributed by atoms with Gasteiger partial charge in [0.25, 0.3) is 5.91 Å². The quantitative estimate of drug-likeness (QED) is 0.714. The molecule has 94 valence electrons. The highest BCUT2D eigenvalue weighted by Gasteiger charge is 2.46. The van der Waals surface area contributed by atoms with E-state index in [-0.39, 0.29) is 23.8 Å². The van der Waals surface area contributed by atoms with Crippen molar-refractivity contribution in [3.05, 3.63) is 30.1 Å². The van der Waals surface area contributed by atoms with Gasteiger partial charge in [-0.25, -0.2) is 14.1 Å². The fourth-order valence-corrected chi connectivity index (χ4v) is 2.62. The third-order valence-electron chi connectivity index (χ3n) is 3.53. The molecule has 0 spiro atoms. The van der Waals surface area contributed by atoms with Crippen LogP contribution in [0.5, 0.6) is 0 Å². The Balaban J connectivity index is 1.95. The van der Waals surface area contributed by atoms with Crippen LogP contribution in [-0.2, 0) is 4.79 Å². The van der Waals surface area contributed by atoms with Crippen molar-refractivity contribution in [1.82, 2.24) is 4.90 Å². The smallest absolute Gasteiger partial charge is 0.312 e. The second kappa shape index (κ2) is 4.08. The first-order chi connectivity index (χ1) is 8.68. The molecule has 1 unspecified atom stereocenters. The van der Waals surface area contributed by atoms with Gasteiger partial charge in [0, 0.05) is 6.54 Å². The van der Waals surface area contributed by atoms with Gasteiger partial charge in [-0.2, -0.15) is 0 Å². The van der Waals surface area contributed by atoms with Crippen molar-refractivity contribution in [2.75, 3.05) is 11.4 Å². The number of urea groups is 1. The molecule has 18 heavy (non-hydrogen) atoms. The van der Waals surface area contributed by atoms with E-state index >= 15 is 0 Å². The van der Waals surface area contributed by atoms with E-state index in [1.165, 1.54) is 24.3 Å². The lowest BCUT2D eigenvalue weighted by Crippen LogP contribution is -2.39. The van der Waals surface area contributed by atoms with Gasteiger partial charge in [-0.15, -0.1) is 0 Å². The number of imide groups is 1. The van der Waals surface area contributed by atoms with Crippen LogP contribution in [0.25, 0.3) is 0 Å². The number of piperidine rings is 1. The van der Waals surface area contributed by atoms with Crippen molar-refractivity contribution in [2.45, 2.75) is 25.3 Å². The Morgan fingerprint density at radius 2 is 1.83 bits per heavy atom. The molecule has 3 amide bonds. The van der Waals surface area contributed by atoms with Crippen LogP contribution in [0.1, 0.15) is 19.3 Å². The summed E-state index contributed by atoms with van der Waals surface area (Å²) < 4.78 is 12.9. The van der Waals surface area contributed by atoms with Crippen molar-refractivity contribution in [3.8, 4) is 0 Å². The van der Waals surface area contributed by atoms with Crippen LogP contribution in [0, 0.1) is 5.82 Å². The number of fused-ring (bicyclic) bond motifs is 1. The lowest BCUT2D eigenvalue weighted by Gasteiger charge is -2.25. The van der Waals surface area contributed by atoms with Gasteiger partial charge in [-0.1, -0.05) is 0 Å². The Kier molecular flexibility index (Phi) is 2.54. The Labute approximate surface area is 104 Å². The standard InChI is InChI=1S/C13H13FN2O2/c14-9-4-6-10(7-5-9)16-12(17)11-3-1-2-8-15(11)13(16)18/h4-7,11H,1-3,8H2. The normalized spacial score (nSPS) is 23.5. The number of rotatable bonds is 1. The molecule has 1 atom stereocenters. The van der Waals surface area contributed by atoms with E-state index < -0.39 is 0 Å². The van der Waals surface area contributed by atoms with Crippen LogP contribution in [-0.4, -0.2) is 29.4 Å². The number of amides is 3. The molecule has 4 nitrogen and oxygen atoms in total. The summed E-state index contributed by atoms with van der Waals surface area (Å²) in [7, 11) is 0. The highest BCUT2D eigenvalue weighted by atomic mass is 19.1. The first-order valence-corrected chi connectivity index (χ1v) is 6.08. The van der Waals surface area contributed by atoms with Gasteiger partial charge in [0.2, 0.25) is 0 Å². The fourth-order valence-electron chi connectivity index (χ4n) is 2.62. The van der Waals surface area contributed by atoms with Crippen LogP contribution in [0.4, 0.5) is 14.9 Å². The maximum atomic E-state index is 12.9. The first kappa shape index (κ1) is 11.2. The topological polar surface area (TPSA) is 40.6 Å². The van der Waals surface area contributed by atoms with Crippen molar-refractivity contribution < 1.29 is 14.0 Å². The molecule has 3 rings (SSSR count). The molecule has 0 aromatic heterocycles. The SMILES string of the molecule is O=C1C2CCCCN2C(=O)N1c1ccc(F)cc1. The molecule has 2 fully saturated rings. The molecule has 2 aliphatic heterocycles. The number of carbonyl (C=O) groups excluding carboxylic acids is 2. The van der Waals surface area contributed by atoms with Crippen molar-refractivity contribution in [2.24, 2.45) is 0 Å². The summed E-state index contributed by atoms with van der Waals surface area (Å²) in [4.78, 5) is 27.2. The molecule has 1 aromatic rings. The number of halogens is 1. The summed E-state index contributed by atoms with van der Waals surface area (Å²) in [6.07, 6.45) is 2.63.